The number of rotatable bonds is 7. The van der Waals surface area contributed by atoms with Crippen molar-refractivity contribution in [3.05, 3.63) is 71.8 Å². The lowest BCUT2D eigenvalue weighted by Gasteiger charge is -2.33. The molecule has 1 saturated heterocycles. The van der Waals surface area contributed by atoms with Crippen LogP contribution in [0.5, 0.6) is 0 Å². The molecule has 25 heavy (non-hydrogen) atoms. The van der Waals surface area contributed by atoms with Gasteiger partial charge in [-0.15, -0.1) is 0 Å². The molecule has 1 heterocycles. The smallest absolute Gasteiger partial charge is 0.239 e. The fraction of sp³-hybridized carbons (Fsp3) is 0.381. The molecule has 1 fully saturated rings. The van der Waals surface area contributed by atoms with Crippen molar-refractivity contribution in [2.75, 3.05) is 19.6 Å². The number of nitrogens with one attached hydrogen (secondary N) is 1. The van der Waals surface area contributed by atoms with Gasteiger partial charge >= 0.3 is 0 Å². The molecule has 0 bridgehead atoms. The molecule has 3 N–H and O–H groups in total. The highest BCUT2D eigenvalue weighted by Crippen LogP contribution is 2.20. The van der Waals surface area contributed by atoms with Crippen molar-refractivity contribution in [1.29, 1.82) is 0 Å². The van der Waals surface area contributed by atoms with E-state index in [1.165, 1.54) is 18.4 Å². The van der Waals surface area contributed by atoms with Crippen LogP contribution in [0.25, 0.3) is 0 Å². The van der Waals surface area contributed by atoms with E-state index in [0.717, 1.165) is 31.7 Å². The first-order valence-electron chi connectivity index (χ1n) is 9.06. The summed E-state index contributed by atoms with van der Waals surface area (Å²) >= 11 is 0. The fourth-order valence-corrected chi connectivity index (χ4v) is 3.62. The topological polar surface area (TPSA) is 58.4 Å². The van der Waals surface area contributed by atoms with Crippen molar-refractivity contribution in [3.8, 4) is 0 Å². The minimum atomic E-state index is -0.411. The van der Waals surface area contributed by atoms with Crippen LogP contribution < -0.4 is 11.1 Å². The Labute approximate surface area is 150 Å². The summed E-state index contributed by atoms with van der Waals surface area (Å²) in [6.07, 6.45) is 2.39. The molecule has 1 aliphatic heterocycles. The molecule has 2 unspecified atom stereocenters. The van der Waals surface area contributed by atoms with Crippen molar-refractivity contribution < 1.29 is 4.79 Å². The van der Waals surface area contributed by atoms with E-state index in [9.17, 15) is 4.79 Å². The molecule has 3 rings (SSSR count). The number of primary amides is 1. The first-order valence-corrected chi connectivity index (χ1v) is 9.06. The maximum absolute atomic E-state index is 11.8. The zero-order chi connectivity index (χ0) is 17.5. The van der Waals surface area contributed by atoms with Crippen LogP contribution in [0.4, 0.5) is 0 Å². The van der Waals surface area contributed by atoms with Crippen molar-refractivity contribution in [2.45, 2.75) is 25.4 Å². The minimum Gasteiger partial charge on any atom is -0.368 e. The van der Waals surface area contributed by atoms with Crippen LogP contribution in [0.2, 0.25) is 0 Å². The molecule has 4 heteroatoms. The number of benzene rings is 2. The van der Waals surface area contributed by atoms with Gasteiger partial charge in [-0.2, -0.15) is 0 Å². The van der Waals surface area contributed by atoms with Gasteiger partial charge in [-0.25, -0.2) is 0 Å². The highest BCUT2D eigenvalue weighted by Gasteiger charge is 2.23. The molecule has 0 aromatic heterocycles. The Hall–Kier alpha value is -2.17. The molecule has 132 valence electrons. The predicted octanol–water partition coefficient (Wildman–Crippen LogP) is 2.71. The maximum atomic E-state index is 11.8. The van der Waals surface area contributed by atoms with Crippen molar-refractivity contribution in [2.24, 2.45) is 11.7 Å². The highest BCUT2D eigenvalue weighted by atomic mass is 16.1. The number of hydrogen-bond acceptors (Lipinski definition) is 3. The molecule has 4 nitrogen and oxygen atoms in total. The Morgan fingerprint density at radius 2 is 1.80 bits per heavy atom. The van der Waals surface area contributed by atoms with E-state index in [1.807, 2.05) is 30.3 Å². The maximum Gasteiger partial charge on any atom is 0.239 e. The lowest BCUT2D eigenvalue weighted by molar-refractivity contribution is -0.120. The molecule has 0 spiro atoms. The summed E-state index contributed by atoms with van der Waals surface area (Å²) in [7, 11) is 0. The normalized spacial score (nSPS) is 19.4. The van der Waals surface area contributed by atoms with Crippen LogP contribution in [-0.4, -0.2) is 30.4 Å². The van der Waals surface area contributed by atoms with Gasteiger partial charge in [0.25, 0.3) is 0 Å². The largest absolute Gasteiger partial charge is 0.368 e. The zero-order valence-corrected chi connectivity index (χ0v) is 14.6. The second-order valence-electron chi connectivity index (χ2n) is 6.88. The Morgan fingerprint density at radius 1 is 1.12 bits per heavy atom. The Balaban J connectivity index is 1.54. The molecule has 2 aromatic rings. The quantitative estimate of drug-likeness (QED) is 0.817. The third kappa shape index (κ3) is 5.15. The van der Waals surface area contributed by atoms with Crippen molar-refractivity contribution >= 4 is 5.91 Å². The predicted molar refractivity (Wildman–Crippen MR) is 101 cm³/mol. The average Bonchev–Trinajstić information content (AvgIpc) is 2.64. The summed E-state index contributed by atoms with van der Waals surface area (Å²) < 4.78 is 0. The molecular formula is C21H27N3O. The number of amides is 1. The third-order valence-corrected chi connectivity index (χ3v) is 4.88. The highest BCUT2D eigenvalue weighted by molar-refractivity contribution is 5.81. The van der Waals surface area contributed by atoms with Crippen LogP contribution in [0.1, 0.15) is 30.0 Å². The molecule has 0 aliphatic carbocycles. The van der Waals surface area contributed by atoms with Crippen molar-refractivity contribution in [3.63, 3.8) is 0 Å². The fourth-order valence-electron chi connectivity index (χ4n) is 3.62. The SMILES string of the molecule is NC(=O)C(NCC1CCCN(Cc2ccccc2)C1)c1ccccc1. The number of nitrogens with zero attached hydrogens (tertiary/aromatic N) is 1. The van der Waals surface area contributed by atoms with Crippen LogP contribution >= 0.6 is 0 Å². The van der Waals surface area contributed by atoms with Crippen LogP contribution in [0.3, 0.4) is 0 Å². The summed E-state index contributed by atoms with van der Waals surface area (Å²) in [5, 5.41) is 3.39. The first kappa shape index (κ1) is 17.6. The molecule has 2 atom stereocenters. The number of carbonyl (C=O) groups excluding carboxylic acids is 1. The number of piperidine rings is 1. The van der Waals surface area contributed by atoms with E-state index in [1.54, 1.807) is 0 Å². The van der Waals surface area contributed by atoms with Gasteiger partial charge in [0.15, 0.2) is 0 Å². The summed E-state index contributed by atoms with van der Waals surface area (Å²) in [5.74, 6) is 0.228. The summed E-state index contributed by atoms with van der Waals surface area (Å²) in [6, 6.07) is 19.9. The van der Waals surface area contributed by atoms with E-state index in [-0.39, 0.29) is 5.91 Å². The van der Waals surface area contributed by atoms with E-state index >= 15 is 0 Å². The average molecular weight is 337 g/mol. The van der Waals surface area contributed by atoms with E-state index in [2.05, 4.69) is 40.5 Å². The second kappa shape index (κ2) is 8.79. The summed E-state index contributed by atoms with van der Waals surface area (Å²) in [4.78, 5) is 14.3. The number of likely N-dealkylation sites (tertiary alicyclic amines) is 1. The van der Waals surface area contributed by atoms with E-state index in [0.29, 0.717) is 5.92 Å². The number of hydrogen-bond donors (Lipinski definition) is 2. The summed E-state index contributed by atoms with van der Waals surface area (Å²) in [6.45, 7) is 4.01. The Kier molecular flexibility index (Phi) is 6.20. The van der Waals surface area contributed by atoms with Gasteiger partial charge < -0.3 is 11.1 Å². The minimum absolute atomic E-state index is 0.317. The van der Waals surface area contributed by atoms with Gasteiger partial charge in [0.05, 0.1) is 0 Å². The standard InChI is InChI=1S/C21H27N3O/c22-21(25)20(19-11-5-2-6-12-19)23-14-18-10-7-13-24(16-18)15-17-8-3-1-4-9-17/h1-6,8-9,11-12,18,20,23H,7,10,13-16H2,(H2,22,25). The van der Waals surface area contributed by atoms with Gasteiger partial charge in [-0.05, 0) is 36.4 Å². The zero-order valence-electron chi connectivity index (χ0n) is 14.6. The summed E-state index contributed by atoms with van der Waals surface area (Å²) in [5.41, 5.74) is 7.90. The number of nitrogens with two attached hydrogens (primary N) is 1. The van der Waals surface area contributed by atoms with Crippen LogP contribution in [0.15, 0.2) is 60.7 Å². The molecule has 2 aromatic carbocycles. The van der Waals surface area contributed by atoms with Gasteiger partial charge in [0, 0.05) is 19.6 Å². The van der Waals surface area contributed by atoms with Gasteiger partial charge in [0.2, 0.25) is 5.91 Å². The Morgan fingerprint density at radius 3 is 2.48 bits per heavy atom. The van der Waals surface area contributed by atoms with Crippen molar-refractivity contribution in [1.82, 2.24) is 10.2 Å². The second-order valence-corrected chi connectivity index (χ2v) is 6.88. The first-order chi connectivity index (χ1) is 12.2. The van der Waals surface area contributed by atoms with E-state index < -0.39 is 6.04 Å². The molecule has 0 radical (unpaired) electrons. The van der Waals surface area contributed by atoms with Crippen LogP contribution in [-0.2, 0) is 11.3 Å². The monoisotopic (exact) mass is 337 g/mol. The third-order valence-electron chi connectivity index (χ3n) is 4.88. The molecule has 1 aliphatic rings. The number of carbonyl (C=O) groups is 1. The molecule has 1 amide bonds. The lowest BCUT2D eigenvalue weighted by atomic mass is 9.96. The van der Waals surface area contributed by atoms with Gasteiger partial charge in [0.1, 0.15) is 6.04 Å². The lowest BCUT2D eigenvalue weighted by Crippen LogP contribution is -2.42. The Bertz CT molecular complexity index is 659. The van der Waals surface area contributed by atoms with Crippen LogP contribution in [0, 0.1) is 5.92 Å². The molecular weight excluding hydrogens is 310 g/mol. The van der Waals surface area contributed by atoms with Gasteiger partial charge in [-0.1, -0.05) is 60.7 Å². The molecule has 0 saturated carbocycles. The van der Waals surface area contributed by atoms with E-state index in [4.69, 9.17) is 5.73 Å². The van der Waals surface area contributed by atoms with Gasteiger partial charge in [-0.3, -0.25) is 9.69 Å².